The second-order valence-corrected chi connectivity index (χ2v) is 4.17. The van der Waals surface area contributed by atoms with Gasteiger partial charge in [0.1, 0.15) is 11.8 Å². The Morgan fingerprint density at radius 1 is 1.43 bits per heavy atom. The number of carbonyl (C=O) groups is 1. The van der Waals surface area contributed by atoms with E-state index in [1.165, 1.54) is 0 Å². The van der Waals surface area contributed by atoms with Crippen LogP contribution in [0.15, 0.2) is 0 Å². The molecule has 0 aliphatic carbocycles. The number of aliphatic hydroxyl groups excluding tert-OH is 1. The Hall–Kier alpha value is -0.810. The monoisotopic (exact) mass is 204 g/mol. The summed E-state index contributed by atoms with van der Waals surface area (Å²) in [6, 6.07) is -0.394. The molecule has 0 heterocycles. The van der Waals surface area contributed by atoms with E-state index in [1.807, 2.05) is 0 Å². The molecule has 0 aromatic rings. The standard InChI is InChI=1S/C9H20N2O3/c1-6(7(12)10-5)11-8(13)14-9(2,3)4/h6-7,10,12H,1-5H3,(H,11,13)/t6-,7?/m0/s1. The van der Waals surface area contributed by atoms with Gasteiger partial charge in [0.25, 0.3) is 0 Å². The van der Waals surface area contributed by atoms with Crippen molar-refractivity contribution in [2.45, 2.75) is 45.6 Å². The van der Waals surface area contributed by atoms with Crippen LogP contribution >= 0.6 is 0 Å². The maximum atomic E-state index is 11.2. The van der Waals surface area contributed by atoms with Crippen LogP contribution in [0.4, 0.5) is 4.79 Å². The average molecular weight is 204 g/mol. The van der Waals surface area contributed by atoms with Gasteiger partial charge in [-0.3, -0.25) is 5.32 Å². The fraction of sp³-hybridized carbons (Fsp3) is 0.889. The van der Waals surface area contributed by atoms with Crippen LogP contribution in [0, 0.1) is 0 Å². The Labute approximate surface area is 84.8 Å². The smallest absolute Gasteiger partial charge is 0.408 e. The van der Waals surface area contributed by atoms with E-state index in [0.717, 1.165) is 0 Å². The van der Waals surface area contributed by atoms with Gasteiger partial charge >= 0.3 is 6.09 Å². The van der Waals surface area contributed by atoms with Crippen molar-refractivity contribution in [3.8, 4) is 0 Å². The van der Waals surface area contributed by atoms with Gasteiger partial charge in [0.2, 0.25) is 0 Å². The first kappa shape index (κ1) is 13.2. The molecule has 14 heavy (non-hydrogen) atoms. The minimum absolute atomic E-state index is 0.394. The number of hydrogen-bond acceptors (Lipinski definition) is 4. The van der Waals surface area contributed by atoms with Crippen LogP contribution in [0.3, 0.4) is 0 Å². The van der Waals surface area contributed by atoms with Gasteiger partial charge < -0.3 is 15.2 Å². The van der Waals surface area contributed by atoms with Gasteiger partial charge in [0.15, 0.2) is 0 Å². The van der Waals surface area contributed by atoms with Crippen molar-refractivity contribution in [3.05, 3.63) is 0 Å². The summed E-state index contributed by atoms with van der Waals surface area (Å²) in [7, 11) is 1.61. The number of ether oxygens (including phenoxy) is 1. The van der Waals surface area contributed by atoms with E-state index in [0.29, 0.717) is 0 Å². The minimum Gasteiger partial charge on any atom is -0.444 e. The molecule has 0 aliphatic rings. The van der Waals surface area contributed by atoms with E-state index < -0.39 is 24.0 Å². The summed E-state index contributed by atoms with van der Waals surface area (Å²) < 4.78 is 5.01. The number of rotatable bonds is 3. The van der Waals surface area contributed by atoms with Crippen molar-refractivity contribution in [1.29, 1.82) is 0 Å². The Morgan fingerprint density at radius 3 is 2.29 bits per heavy atom. The largest absolute Gasteiger partial charge is 0.444 e. The Morgan fingerprint density at radius 2 is 1.93 bits per heavy atom. The Bertz CT molecular complexity index is 189. The fourth-order valence-electron chi connectivity index (χ4n) is 0.822. The highest BCUT2D eigenvalue weighted by molar-refractivity contribution is 5.68. The molecule has 0 bridgehead atoms. The van der Waals surface area contributed by atoms with Crippen LogP contribution in [0.5, 0.6) is 0 Å². The molecule has 0 aromatic heterocycles. The van der Waals surface area contributed by atoms with Crippen molar-refractivity contribution in [2.24, 2.45) is 0 Å². The number of amides is 1. The summed E-state index contributed by atoms with van der Waals surface area (Å²) >= 11 is 0. The van der Waals surface area contributed by atoms with Crippen LogP contribution in [-0.2, 0) is 4.74 Å². The topological polar surface area (TPSA) is 70.6 Å². The zero-order chi connectivity index (χ0) is 11.4. The molecule has 2 atom stereocenters. The van der Waals surface area contributed by atoms with E-state index in [4.69, 9.17) is 4.74 Å². The van der Waals surface area contributed by atoms with E-state index in [1.54, 1.807) is 34.7 Å². The first-order chi connectivity index (χ1) is 6.26. The molecule has 5 heteroatoms. The molecule has 1 amide bonds. The lowest BCUT2D eigenvalue weighted by molar-refractivity contribution is 0.0409. The number of alkyl carbamates (subject to hydrolysis) is 1. The molecule has 0 saturated carbocycles. The molecule has 3 N–H and O–H groups in total. The minimum atomic E-state index is -0.775. The summed E-state index contributed by atoms with van der Waals surface area (Å²) in [6.45, 7) is 7.04. The highest BCUT2D eigenvalue weighted by atomic mass is 16.6. The maximum absolute atomic E-state index is 11.2. The average Bonchev–Trinajstić information content (AvgIpc) is 1.99. The summed E-state index contributed by atoms with van der Waals surface area (Å²) in [6.07, 6.45) is -1.30. The van der Waals surface area contributed by atoms with Crippen molar-refractivity contribution < 1.29 is 14.6 Å². The van der Waals surface area contributed by atoms with Crippen LogP contribution in [-0.4, -0.2) is 36.1 Å². The second-order valence-electron chi connectivity index (χ2n) is 4.17. The molecular weight excluding hydrogens is 184 g/mol. The number of carbonyl (C=O) groups excluding carboxylic acids is 1. The molecule has 0 rings (SSSR count). The molecule has 0 aliphatic heterocycles. The first-order valence-corrected chi connectivity index (χ1v) is 4.61. The number of hydrogen-bond donors (Lipinski definition) is 3. The van der Waals surface area contributed by atoms with Gasteiger partial charge in [0, 0.05) is 0 Å². The molecule has 0 spiro atoms. The van der Waals surface area contributed by atoms with Gasteiger partial charge in [0.05, 0.1) is 6.04 Å². The lowest BCUT2D eigenvalue weighted by Crippen LogP contribution is -2.48. The van der Waals surface area contributed by atoms with Crippen molar-refractivity contribution in [3.63, 3.8) is 0 Å². The lowest BCUT2D eigenvalue weighted by Gasteiger charge is -2.23. The van der Waals surface area contributed by atoms with Crippen LogP contribution in [0.25, 0.3) is 0 Å². The quantitative estimate of drug-likeness (QED) is 0.583. The number of aliphatic hydroxyl groups is 1. The summed E-state index contributed by atoms with van der Waals surface area (Å²) in [5.41, 5.74) is -0.519. The van der Waals surface area contributed by atoms with Crippen molar-refractivity contribution in [1.82, 2.24) is 10.6 Å². The zero-order valence-corrected chi connectivity index (χ0v) is 9.42. The third kappa shape index (κ3) is 5.77. The molecular formula is C9H20N2O3. The van der Waals surface area contributed by atoms with E-state index in [2.05, 4.69) is 10.6 Å². The predicted octanol–water partition coefficient (Wildman–Crippen LogP) is 0.437. The lowest BCUT2D eigenvalue weighted by atomic mass is 10.2. The van der Waals surface area contributed by atoms with Gasteiger partial charge in [-0.2, -0.15) is 0 Å². The van der Waals surface area contributed by atoms with Gasteiger partial charge in [-0.25, -0.2) is 4.79 Å². The van der Waals surface area contributed by atoms with Crippen LogP contribution in [0.1, 0.15) is 27.7 Å². The molecule has 0 fully saturated rings. The highest BCUT2D eigenvalue weighted by Crippen LogP contribution is 2.06. The molecule has 0 saturated heterocycles. The van der Waals surface area contributed by atoms with Crippen LogP contribution < -0.4 is 10.6 Å². The number of nitrogens with one attached hydrogen (secondary N) is 2. The third-order valence-electron chi connectivity index (χ3n) is 1.51. The molecule has 0 aromatic carbocycles. The summed E-state index contributed by atoms with van der Waals surface area (Å²) in [5.74, 6) is 0. The van der Waals surface area contributed by atoms with Gasteiger partial charge in [-0.05, 0) is 34.7 Å². The molecule has 84 valence electrons. The van der Waals surface area contributed by atoms with E-state index in [-0.39, 0.29) is 0 Å². The summed E-state index contributed by atoms with van der Waals surface area (Å²) in [5, 5.41) is 14.4. The number of likely N-dealkylation sites (N-methyl/N-ethyl adjacent to an activating group) is 1. The van der Waals surface area contributed by atoms with Crippen molar-refractivity contribution in [2.75, 3.05) is 7.05 Å². The van der Waals surface area contributed by atoms with Crippen molar-refractivity contribution >= 4 is 6.09 Å². The van der Waals surface area contributed by atoms with E-state index >= 15 is 0 Å². The highest BCUT2D eigenvalue weighted by Gasteiger charge is 2.20. The Balaban J connectivity index is 3.95. The SMILES string of the molecule is CNC(O)[C@H](C)NC(=O)OC(C)(C)C. The van der Waals surface area contributed by atoms with Crippen LogP contribution in [0.2, 0.25) is 0 Å². The molecule has 1 unspecified atom stereocenters. The van der Waals surface area contributed by atoms with Gasteiger partial charge in [-0.15, -0.1) is 0 Å². The fourth-order valence-corrected chi connectivity index (χ4v) is 0.822. The second kappa shape index (κ2) is 5.17. The first-order valence-electron chi connectivity index (χ1n) is 4.61. The normalized spacial score (nSPS) is 15.9. The summed E-state index contributed by atoms with van der Waals surface area (Å²) in [4.78, 5) is 11.2. The van der Waals surface area contributed by atoms with E-state index in [9.17, 15) is 9.90 Å². The molecule has 0 radical (unpaired) electrons. The predicted molar refractivity (Wildman–Crippen MR) is 53.9 cm³/mol. The van der Waals surface area contributed by atoms with Gasteiger partial charge in [-0.1, -0.05) is 0 Å². The third-order valence-corrected chi connectivity index (χ3v) is 1.51. The molecule has 5 nitrogen and oxygen atoms in total. The maximum Gasteiger partial charge on any atom is 0.408 e. The zero-order valence-electron chi connectivity index (χ0n) is 9.42. The Kier molecular flexibility index (Phi) is 4.87.